The highest BCUT2D eigenvalue weighted by atomic mass is 15.3. The van der Waals surface area contributed by atoms with Crippen molar-refractivity contribution in [1.29, 1.82) is 0 Å². The van der Waals surface area contributed by atoms with Crippen molar-refractivity contribution in [3.63, 3.8) is 0 Å². The maximum atomic E-state index is 4.62. The van der Waals surface area contributed by atoms with E-state index in [9.17, 15) is 0 Å². The van der Waals surface area contributed by atoms with Gasteiger partial charge in [-0.05, 0) is 51.2 Å². The highest BCUT2D eigenvalue weighted by Crippen LogP contribution is 2.22. The van der Waals surface area contributed by atoms with Gasteiger partial charge in [0.15, 0.2) is 0 Å². The molecule has 1 aromatic heterocycles. The quantitative estimate of drug-likeness (QED) is 0.872. The third kappa shape index (κ3) is 4.39. The Balaban J connectivity index is 1.66. The van der Waals surface area contributed by atoms with Crippen molar-refractivity contribution in [3.05, 3.63) is 36.5 Å². The van der Waals surface area contributed by atoms with Crippen LogP contribution in [0.3, 0.4) is 0 Å². The Morgan fingerprint density at radius 2 is 1.68 bits per heavy atom. The smallest absolute Gasteiger partial charge is 0.227 e. The van der Waals surface area contributed by atoms with Crippen LogP contribution in [0.5, 0.6) is 0 Å². The zero-order valence-corrected chi connectivity index (χ0v) is 15.4. The molecule has 0 aliphatic carbocycles. The van der Waals surface area contributed by atoms with Crippen molar-refractivity contribution in [2.45, 2.75) is 13.8 Å². The van der Waals surface area contributed by atoms with E-state index in [1.165, 1.54) is 5.69 Å². The van der Waals surface area contributed by atoms with Crippen LogP contribution in [0.4, 0.5) is 23.1 Å². The van der Waals surface area contributed by atoms with Crippen molar-refractivity contribution in [3.8, 4) is 0 Å². The van der Waals surface area contributed by atoms with Crippen LogP contribution < -0.4 is 15.1 Å². The molecular formula is C19H28N6. The van der Waals surface area contributed by atoms with Gasteiger partial charge in [-0.15, -0.1) is 0 Å². The van der Waals surface area contributed by atoms with E-state index < -0.39 is 0 Å². The maximum Gasteiger partial charge on any atom is 0.227 e. The average molecular weight is 340 g/mol. The van der Waals surface area contributed by atoms with E-state index in [1.807, 2.05) is 12.3 Å². The summed E-state index contributed by atoms with van der Waals surface area (Å²) in [5, 5.41) is 3.38. The molecule has 0 atom stereocenters. The summed E-state index contributed by atoms with van der Waals surface area (Å²) in [6, 6.07) is 10.5. The Hall–Kier alpha value is -2.34. The first-order valence-electron chi connectivity index (χ1n) is 9.08. The predicted molar refractivity (Wildman–Crippen MR) is 105 cm³/mol. The third-order valence-corrected chi connectivity index (χ3v) is 4.70. The molecule has 2 aromatic rings. The Bertz CT molecular complexity index is 660. The SMILES string of the molecule is CCN(CC)c1nccc(Nc2ccc(N3CCN(C)CC3)cc2)n1. The van der Waals surface area contributed by atoms with Gasteiger partial charge in [-0.1, -0.05) is 0 Å². The van der Waals surface area contributed by atoms with Crippen molar-refractivity contribution in [1.82, 2.24) is 14.9 Å². The number of nitrogens with zero attached hydrogens (tertiary/aromatic N) is 5. The minimum Gasteiger partial charge on any atom is -0.369 e. The Morgan fingerprint density at radius 3 is 2.32 bits per heavy atom. The van der Waals surface area contributed by atoms with Crippen LogP contribution in [0, 0.1) is 0 Å². The molecule has 6 heteroatoms. The minimum absolute atomic E-state index is 0.768. The Labute approximate surface area is 150 Å². The molecule has 3 rings (SSSR count). The number of aromatic nitrogens is 2. The topological polar surface area (TPSA) is 47.5 Å². The summed E-state index contributed by atoms with van der Waals surface area (Å²) >= 11 is 0. The second kappa shape index (κ2) is 8.16. The summed E-state index contributed by atoms with van der Waals surface area (Å²) in [5.41, 5.74) is 2.33. The summed E-state index contributed by atoms with van der Waals surface area (Å²) < 4.78 is 0. The summed E-state index contributed by atoms with van der Waals surface area (Å²) in [4.78, 5) is 15.9. The van der Waals surface area contributed by atoms with Crippen molar-refractivity contribution < 1.29 is 0 Å². The highest BCUT2D eigenvalue weighted by molar-refractivity contribution is 5.61. The lowest BCUT2D eigenvalue weighted by atomic mass is 10.2. The normalized spacial score (nSPS) is 15.2. The lowest BCUT2D eigenvalue weighted by Crippen LogP contribution is -2.44. The summed E-state index contributed by atoms with van der Waals surface area (Å²) in [7, 11) is 2.18. The zero-order valence-electron chi connectivity index (χ0n) is 15.4. The number of nitrogens with one attached hydrogen (secondary N) is 1. The van der Waals surface area contributed by atoms with E-state index >= 15 is 0 Å². The van der Waals surface area contributed by atoms with Crippen LogP contribution in [-0.2, 0) is 0 Å². The molecule has 0 radical (unpaired) electrons. The monoisotopic (exact) mass is 340 g/mol. The molecule has 0 unspecified atom stereocenters. The van der Waals surface area contributed by atoms with Gasteiger partial charge in [-0.25, -0.2) is 4.98 Å². The van der Waals surface area contributed by atoms with Crippen LogP contribution in [0.1, 0.15) is 13.8 Å². The van der Waals surface area contributed by atoms with Gasteiger partial charge in [0.05, 0.1) is 0 Å². The fourth-order valence-electron chi connectivity index (χ4n) is 3.04. The van der Waals surface area contributed by atoms with E-state index in [4.69, 9.17) is 0 Å². The molecule has 2 heterocycles. The molecule has 25 heavy (non-hydrogen) atoms. The largest absolute Gasteiger partial charge is 0.369 e. The number of rotatable bonds is 6. The molecule has 1 aliphatic heterocycles. The lowest BCUT2D eigenvalue weighted by Gasteiger charge is -2.34. The van der Waals surface area contributed by atoms with E-state index in [0.29, 0.717) is 0 Å². The van der Waals surface area contributed by atoms with Crippen molar-refractivity contribution >= 4 is 23.1 Å². The van der Waals surface area contributed by atoms with Gasteiger partial charge in [0.1, 0.15) is 5.82 Å². The van der Waals surface area contributed by atoms with Crippen molar-refractivity contribution in [2.24, 2.45) is 0 Å². The number of likely N-dealkylation sites (N-methyl/N-ethyl adjacent to an activating group) is 1. The van der Waals surface area contributed by atoms with Gasteiger partial charge in [0.25, 0.3) is 0 Å². The van der Waals surface area contributed by atoms with Crippen LogP contribution in [0.15, 0.2) is 36.5 Å². The first-order chi connectivity index (χ1) is 12.2. The second-order valence-corrected chi connectivity index (χ2v) is 6.38. The highest BCUT2D eigenvalue weighted by Gasteiger charge is 2.14. The second-order valence-electron chi connectivity index (χ2n) is 6.38. The predicted octanol–water partition coefficient (Wildman–Crippen LogP) is 2.82. The molecule has 0 saturated carbocycles. The minimum atomic E-state index is 0.768. The Morgan fingerprint density at radius 1 is 1.00 bits per heavy atom. The lowest BCUT2D eigenvalue weighted by molar-refractivity contribution is 0.313. The van der Waals surface area contributed by atoms with Gasteiger partial charge in [0.2, 0.25) is 5.95 Å². The molecule has 1 N–H and O–H groups in total. The fourth-order valence-corrected chi connectivity index (χ4v) is 3.04. The molecule has 1 aromatic carbocycles. The summed E-state index contributed by atoms with van der Waals surface area (Å²) in [6.07, 6.45) is 1.81. The van der Waals surface area contributed by atoms with Gasteiger partial charge in [-0.3, -0.25) is 0 Å². The van der Waals surface area contributed by atoms with Gasteiger partial charge < -0.3 is 20.0 Å². The third-order valence-electron chi connectivity index (χ3n) is 4.70. The number of piperazine rings is 1. The van der Waals surface area contributed by atoms with Crippen LogP contribution in [-0.4, -0.2) is 61.2 Å². The Kier molecular flexibility index (Phi) is 5.71. The van der Waals surface area contributed by atoms with Gasteiger partial charge >= 0.3 is 0 Å². The van der Waals surface area contributed by atoms with E-state index in [-0.39, 0.29) is 0 Å². The molecule has 0 amide bonds. The number of hydrogen-bond acceptors (Lipinski definition) is 6. The van der Waals surface area contributed by atoms with E-state index in [0.717, 1.165) is 56.7 Å². The standard InChI is InChI=1S/C19H28N6/c1-4-24(5-2)19-20-11-10-18(22-19)21-16-6-8-17(9-7-16)25-14-12-23(3)13-15-25/h6-11H,4-5,12-15H2,1-3H3,(H,20,21,22). The summed E-state index contributed by atoms with van der Waals surface area (Å²) in [6.45, 7) is 10.4. The molecule has 0 bridgehead atoms. The average Bonchev–Trinajstić information content (AvgIpc) is 2.65. The van der Waals surface area contributed by atoms with Gasteiger partial charge in [0, 0.05) is 56.8 Å². The van der Waals surface area contributed by atoms with E-state index in [1.54, 1.807) is 0 Å². The van der Waals surface area contributed by atoms with Gasteiger partial charge in [-0.2, -0.15) is 4.98 Å². The molecule has 6 nitrogen and oxygen atoms in total. The molecule has 134 valence electrons. The van der Waals surface area contributed by atoms with Crippen LogP contribution >= 0.6 is 0 Å². The summed E-state index contributed by atoms with van der Waals surface area (Å²) in [5.74, 6) is 1.59. The molecule has 1 saturated heterocycles. The van der Waals surface area contributed by atoms with E-state index in [2.05, 4.69) is 75.1 Å². The van der Waals surface area contributed by atoms with Crippen LogP contribution in [0.2, 0.25) is 0 Å². The number of hydrogen-bond donors (Lipinski definition) is 1. The number of anilines is 4. The molecule has 1 fully saturated rings. The van der Waals surface area contributed by atoms with Crippen LogP contribution in [0.25, 0.3) is 0 Å². The maximum absolute atomic E-state index is 4.62. The zero-order chi connectivity index (χ0) is 17.6. The first-order valence-corrected chi connectivity index (χ1v) is 9.08. The first kappa shape index (κ1) is 17.5. The fraction of sp³-hybridized carbons (Fsp3) is 0.474. The molecule has 1 aliphatic rings. The molecule has 0 spiro atoms. The molecular weight excluding hydrogens is 312 g/mol. The van der Waals surface area contributed by atoms with Crippen molar-refractivity contribution in [2.75, 3.05) is 61.4 Å². The number of benzene rings is 1.